The van der Waals surface area contributed by atoms with Gasteiger partial charge < -0.3 is 9.13 Å². The molecule has 1 N–H and O–H groups in total. The van der Waals surface area contributed by atoms with Gasteiger partial charge in [-0.05, 0) is 19.1 Å². The van der Waals surface area contributed by atoms with Crippen LogP contribution in [0.1, 0.15) is 29.9 Å². The third kappa shape index (κ3) is 4.93. The van der Waals surface area contributed by atoms with E-state index in [4.69, 9.17) is 0 Å². The zero-order chi connectivity index (χ0) is 26.5. The summed E-state index contributed by atoms with van der Waals surface area (Å²) in [5, 5.41) is 0. The molecule has 0 aliphatic heterocycles. The molecule has 0 radical (unpaired) electrons. The van der Waals surface area contributed by atoms with Crippen LogP contribution < -0.4 is 10.3 Å². The van der Waals surface area contributed by atoms with Crippen LogP contribution in [0.15, 0.2) is 28.0 Å². The Morgan fingerprint density at radius 1 is 1.14 bits per heavy atom. The van der Waals surface area contributed by atoms with Crippen molar-refractivity contribution in [1.29, 1.82) is 0 Å². The SMILES string of the molecule is CCn1c(C(F)(F)F)cc2nc(-c3ncc(C(=O)NS(C)(=O)=O)cc3S(=O)(=O)CC)n(C)c2c1=O. The van der Waals surface area contributed by atoms with E-state index in [1.807, 2.05) is 0 Å². The van der Waals surface area contributed by atoms with Gasteiger partial charge in [0.25, 0.3) is 11.5 Å². The van der Waals surface area contributed by atoms with Crippen LogP contribution in [-0.4, -0.2) is 53.9 Å². The number of amides is 1. The van der Waals surface area contributed by atoms with E-state index in [1.165, 1.54) is 20.9 Å². The van der Waals surface area contributed by atoms with Crippen LogP contribution in [0.25, 0.3) is 22.6 Å². The van der Waals surface area contributed by atoms with E-state index in [0.717, 1.165) is 23.1 Å². The number of carbonyl (C=O) groups is 1. The normalized spacial score (nSPS) is 12.8. The Morgan fingerprint density at radius 2 is 1.77 bits per heavy atom. The number of carbonyl (C=O) groups excluding carboxylic acids is 1. The minimum Gasteiger partial charge on any atom is -0.321 e. The second kappa shape index (κ2) is 8.75. The van der Waals surface area contributed by atoms with Gasteiger partial charge in [0.2, 0.25) is 10.0 Å². The summed E-state index contributed by atoms with van der Waals surface area (Å²) in [5.74, 6) is -1.81. The van der Waals surface area contributed by atoms with Crippen molar-refractivity contribution in [3.05, 3.63) is 39.9 Å². The first kappa shape index (κ1) is 26.3. The van der Waals surface area contributed by atoms with Crippen molar-refractivity contribution in [3.63, 3.8) is 0 Å². The largest absolute Gasteiger partial charge is 0.431 e. The van der Waals surface area contributed by atoms with Gasteiger partial charge in [0.05, 0.1) is 28.0 Å². The Kier molecular flexibility index (Phi) is 6.58. The summed E-state index contributed by atoms with van der Waals surface area (Å²) >= 11 is 0. The van der Waals surface area contributed by atoms with Gasteiger partial charge in [0.15, 0.2) is 15.7 Å². The molecule has 0 saturated heterocycles. The fraction of sp³-hybridized carbons (Fsp3) is 0.368. The van der Waals surface area contributed by atoms with Crippen molar-refractivity contribution in [2.75, 3.05) is 12.0 Å². The number of hydrogen-bond donors (Lipinski definition) is 1. The Hall–Kier alpha value is -3.27. The summed E-state index contributed by atoms with van der Waals surface area (Å²) in [6.45, 7) is 2.41. The molecule has 3 heterocycles. The Morgan fingerprint density at radius 3 is 2.29 bits per heavy atom. The molecule has 3 aromatic heterocycles. The fourth-order valence-corrected chi connectivity index (χ4v) is 4.95. The Bertz CT molecular complexity index is 1620. The van der Waals surface area contributed by atoms with Crippen LogP contribution >= 0.6 is 0 Å². The number of hydrogen-bond acceptors (Lipinski definition) is 8. The second-order valence-electron chi connectivity index (χ2n) is 7.48. The van der Waals surface area contributed by atoms with E-state index in [1.54, 1.807) is 4.72 Å². The molecule has 3 aromatic rings. The summed E-state index contributed by atoms with van der Waals surface area (Å²) < 4.78 is 92.2. The molecule has 3 rings (SSSR count). The van der Waals surface area contributed by atoms with E-state index in [9.17, 15) is 39.6 Å². The summed E-state index contributed by atoms with van der Waals surface area (Å²) in [4.78, 5) is 32.6. The summed E-state index contributed by atoms with van der Waals surface area (Å²) in [7, 11) is -6.74. The molecule has 0 aliphatic rings. The van der Waals surface area contributed by atoms with Crippen molar-refractivity contribution in [2.45, 2.75) is 31.5 Å². The molecule has 0 fully saturated rings. The van der Waals surface area contributed by atoms with Gasteiger partial charge in [-0.3, -0.25) is 14.6 Å². The van der Waals surface area contributed by atoms with Crippen LogP contribution in [-0.2, 0) is 39.6 Å². The van der Waals surface area contributed by atoms with Gasteiger partial charge in [-0.25, -0.2) is 26.5 Å². The number of aryl methyl sites for hydroxylation is 1. The molecular weight excluding hydrogens is 515 g/mol. The molecule has 0 atom stereocenters. The molecule has 0 bridgehead atoms. The first-order valence-electron chi connectivity index (χ1n) is 9.94. The van der Waals surface area contributed by atoms with Crippen molar-refractivity contribution in [1.82, 2.24) is 23.8 Å². The van der Waals surface area contributed by atoms with E-state index >= 15 is 0 Å². The van der Waals surface area contributed by atoms with E-state index in [0.29, 0.717) is 10.6 Å². The summed E-state index contributed by atoms with van der Waals surface area (Å²) in [6.07, 6.45) is -3.21. The number of alkyl halides is 3. The van der Waals surface area contributed by atoms with Crippen LogP contribution in [0.4, 0.5) is 13.2 Å². The monoisotopic (exact) mass is 535 g/mol. The molecule has 190 valence electrons. The quantitative estimate of drug-likeness (QED) is 0.497. The zero-order valence-corrected chi connectivity index (χ0v) is 20.5. The minimum atomic E-state index is -4.84. The predicted octanol–water partition coefficient (Wildman–Crippen LogP) is 1.32. The number of sulfone groups is 1. The lowest BCUT2D eigenvalue weighted by Gasteiger charge is -2.14. The molecule has 35 heavy (non-hydrogen) atoms. The molecule has 0 saturated carbocycles. The number of halogens is 3. The standard InChI is InChI=1S/C19H20F3N5O6S2/c1-5-27-13(19(20,21)22)8-11-15(18(27)29)26(3)16(24-11)14-12(35(32,33)6-2)7-10(9-23-14)17(28)25-34(4,30)31/h7-9H,5-6H2,1-4H3,(H,25,28). The topological polar surface area (TPSA) is 150 Å². The lowest BCUT2D eigenvalue weighted by atomic mass is 10.2. The Labute approximate surface area is 197 Å². The van der Waals surface area contributed by atoms with Gasteiger partial charge in [-0.2, -0.15) is 13.2 Å². The summed E-state index contributed by atoms with van der Waals surface area (Å²) in [6, 6.07) is 1.58. The molecular formula is C19H20F3N5O6S2. The van der Waals surface area contributed by atoms with Crippen molar-refractivity contribution < 1.29 is 34.8 Å². The number of rotatable bonds is 6. The summed E-state index contributed by atoms with van der Waals surface area (Å²) in [5.41, 5.74) is -3.46. The highest BCUT2D eigenvalue weighted by molar-refractivity contribution is 7.91. The minimum absolute atomic E-state index is 0.213. The fourth-order valence-electron chi connectivity index (χ4n) is 3.44. The van der Waals surface area contributed by atoms with Gasteiger partial charge in [0.1, 0.15) is 16.9 Å². The van der Waals surface area contributed by atoms with E-state index < -0.39 is 59.4 Å². The Balaban J connectivity index is 2.35. The van der Waals surface area contributed by atoms with Crippen molar-refractivity contribution >= 4 is 36.8 Å². The van der Waals surface area contributed by atoms with Crippen LogP contribution in [0, 0.1) is 0 Å². The third-order valence-corrected chi connectivity index (χ3v) is 7.36. The van der Waals surface area contributed by atoms with Gasteiger partial charge in [-0.15, -0.1) is 0 Å². The number of aromatic nitrogens is 4. The maximum absolute atomic E-state index is 13.5. The average molecular weight is 536 g/mol. The lowest BCUT2D eigenvalue weighted by Crippen LogP contribution is -2.29. The second-order valence-corrected chi connectivity index (χ2v) is 11.5. The van der Waals surface area contributed by atoms with E-state index in [2.05, 4.69) is 9.97 Å². The number of fused-ring (bicyclic) bond motifs is 1. The van der Waals surface area contributed by atoms with Gasteiger partial charge in [0, 0.05) is 19.8 Å². The predicted molar refractivity (Wildman–Crippen MR) is 119 cm³/mol. The zero-order valence-electron chi connectivity index (χ0n) is 18.8. The van der Waals surface area contributed by atoms with Crippen LogP contribution in [0.5, 0.6) is 0 Å². The lowest BCUT2D eigenvalue weighted by molar-refractivity contribution is -0.144. The number of imidazole rings is 1. The molecule has 0 spiro atoms. The number of pyridine rings is 2. The molecule has 1 amide bonds. The van der Waals surface area contributed by atoms with Crippen molar-refractivity contribution in [2.24, 2.45) is 7.05 Å². The van der Waals surface area contributed by atoms with Crippen LogP contribution in [0.2, 0.25) is 0 Å². The van der Waals surface area contributed by atoms with Crippen molar-refractivity contribution in [3.8, 4) is 11.5 Å². The highest BCUT2D eigenvalue weighted by Gasteiger charge is 2.36. The molecule has 11 nitrogen and oxygen atoms in total. The molecule has 0 aromatic carbocycles. The average Bonchev–Trinajstić information content (AvgIpc) is 3.08. The number of nitrogens with zero attached hydrogens (tertiary/aromatic N) is 4. The molecule has 0 aliphatic carbocycles. The van der Waals surface area contributed by atoms with E-state index in [-0.39, 0.29) is 29.1 Å². The number of nitrogens with one attached hydrogen (secondary N) is 1. The first-order valence-corrected chi connectivity index (χ1v) is 13.5. The maximum Gasteiger partial charge on any atom is 0.431 e. The highest BCUT2D eigenvalue weighted by atomic mass is 32.2. The maximum atomic E-state index is 13.5. The van der Waals surface area contributed by atoms with Gasteiger partial charge >= 0.3 is 6.18 Å². The highest BCUT2D eigenvalue weighted by Crippen LogP contribution is 2.32. The third-order valence-electron chi connectivity index (χ3n) is 5.06. The smallest absolute Gasteiger partial charge is 0.321 e. The van der Waals surface area contributed by atoms with Crippen LogP contribution in [0.3, 0.4) is 0 Å². The molecule has 0 unspecified atom stereocenters. The molecule has 16 heteroatoms. The number of sulfonamides is 1. The first-order chi connectivity index (χ1) is 16.0. The van der Waals surface area contributed by atoms with Gasteiger partial charge in [-0.1, -0.05) is 6.92 Å².